The van der Waals surface area contributed by atoms with Crippen molar-refractivity contribution >= 4 is 33.8 Å². The standard InChI is InChI=1S/C30H38N4O4S/c1-4-31-26(33-21-11-12-23(37-2)24(16-21)38-3)14-8-18-7-13-25-22(15-18)27(29(36)32-17-19-5-6-19)30(39-25)34-28(35)20-9-10-20/h1,11-12,16,18-20,26,31,33H,5-10,13-15,17H2,2-3H3,(H,32,36)(H,34,35). The number of carbonyl (C=O) groups is 2. The highest BCUT2D eigenvalue weighted by molar-refractivity contribution is 7.17. The minimum absolute atomic E-state index is 0.0471. The molecule has 3 aliphatic carbocycles. The summed E-state index contributed by atoms with van der Waals surface area (Å²) in [6, 6.07) is 8.27. The average Bonchev–Trinajstić information content (AvgIpc) is 3.87. The first-order chi connectivity index (χ1) is 19.0. The molecule has 39 heavy (non-hydrogen) atoms. The second-order valence-electron chi connectivity index (χ2n) is 10.9. The van der Waals surface area contributed by atoms with Crippen LogP contribution in [0.4, 0.5) is 10.7 Å². The molecule has 1 aromatic heterocycles. The summed E-state index contributed by atoms with van der Waals surface area (Å²) in [4.78, 5) is 27.2. The second kappa shape index (κ2) is 12.2. The van der Waals surface area contributed by atoms with Crippen molar-refractivity contribution in [1.29, 1.82) is 0 Å². The third-order valence-electron chi connectivity index (χ3n) is 7.87. The lowest BCUT2D eigenvalue weighted by Crippen LogP contribution is -2.34. The second-order valence-corrected chi connectivity index (χ2v) is 12.0. The number of rotatable bonds is 13. The number of carbonyl (C=O) groups excluding carboxylic acids is 2. The van der Waals surface area contributed by atoms with Gasteiger partial charge in [0.05, 0.1) is 19.8 Å². The fraction of sp³-hybridized carbons (Fsp3) is 0.533. The van der Waals surface area contributed by atoms with Crippen molar-refractivity contribution in [1.82, 2.24) is 10.6 Å². The van der Waals surface area contributed by atoms with Crippen LogP contribution in [0.1, 0.15) is 65.7 Å². The molecule has 1 aromatic carbocycles. The molecule has 9 heteroatoms. The molecule has 4 N–H and O–H groups in total. The summed E-state index contributed by atoms with van der Waals surface area (Å²) in [5, 5.41) is 13.5. The van der Waals surface area contributed by atoms with Crippen LogP contribution in [0.15, 0.2) is 18.2 Å². The molecule has 2 unspecified atom stereocenters. The number of amides is 2. The maximum atomic E-state index is 13.3. The topological polar surface area (TPSA) is 101 Å². The molecule has 0 bridgehead atoms. The molecule has 2 atom stereocenters. The number of fused-ring (bicyclic) bond motifs is 1. The number of methoxy groups -OCH3 is 2. The Morgan fingerprint density at radius 1 is 1.10 bits per heavy atom. The first-order valence-corrected chi connectivity index (χ1v) is 14.7. The molecule has 2 amide bonds. The van der Waals surface area contributed by atoms with Gasteiger partial charge in [0.15, 0.2) is 11.5 Å². The first kappa shape index (κ1) is 27.2. The summed E-state index contributed by atoms with van der Waals surface area (Å²) in [7, 11) is 3.23. The lowest BCUT2D eigenvalue weighted by molar-refractivity contribution is -0.117. The van der Waals surface area contributed by atoms with Crippen molar-refractivity contribution in [2.45, 2.75) is 64.0 Å². The van der Waals surface area contributed by atoms with E-state index in [0.717, 1.165) is 61.2 Å². The van der Waals surface area contributed by atoms with Gasteiger partial charge in [0.1, 0.15) is 11.2 Å². The number of thiophene rings is 1. The van der Waals surface area contributed by atoms with Crippen molar-refractivity contribution in [3.05, 3.63) is 34.2 Å². The van der Waals surface area contributed by atoms with Gasteiger partial charge in [-0.05, 0) is 87.3 Å². The monoisotopic (exact) mass is 550 g/mol. The largest absolute Gasteiger partial charge is 0.493 e. The lowest BCUT2D eigenvalue weighted by Gasteiger charge is -2.26. The van der Waals surface area contributed by atoms with Crippen molar-refractivity contribution in [3.8, 4) is 24.0 Å². The molecule has 208 valence electrons. The summed E-state index contributed by atoms with van der Waals surface area (Å²) in [6.07, 6.45) is 14.3. The molecular formula is C30H38N4O4S. The van der Waals surface area contributed by atoms with E-state index in [9.17, 15) is 9.59 Å². The van der Waals surface area contributed by atoms with Crippen LogP contribution in [-0.2, 0) is 17.6 Å². The van der Waals surface area contributed by atoms with Crippen LogP contribution < -0.4 is 30.7 Å². The Morgan fingerprint density at radius 3 is 2.59 bits per heavy atom. The maximum Gasteiger partial charge on any atom is 0.254 e. The molecule has 2 saturated carbocycles. The first-order valence-electron chi connectivity index (χ1n) is 13.9. The maximum absolute atomic E-state index is 13.3. The van der Waals surface area contributed by atoms with Gasteiger partial charge in [-0.1, -0.05) is 6.42 Å². The normalized spacial score (nSPS) is 18.7. The zero-order valence-corrected chi connectivity index (χ0v) is 23.5. The average molecular weight is 551 g/mol. The van der Waals surface area contributed by atoms with Gasteiger partial charge in [-0.25, -0.2) is 0 Å². The van der Waals surface area contributed by atoms with Gasteiger partial charge in [0.2, 0.25) is 5.91 Å². The molecular weight excluding hydrogens is 512 g/mol. The van der Waals surface area contributed by atoms with Crippen molar-refractivity contribution < 1.29 is 19.1 Å². The Labute approximate surface area is 234 Å². The Balaban J connectivity index is 1.26. The number of benzene rings is 1. The number of ether oxygens (including phenoxy) is 2. The van der Waals surface area contributed by atoms with E-state index in [-0.39, 0.29) is 23.9 Å². The molecule has 3 aliphatic rings. The molecule has 2 fully saturated rings. The van der Waals surface area contributed by atoms with Crippen molar-refractivity contribution in [2.75, 3.05) is 31.4 Å². The van der Waals surface area contributed by atoms with E-state index in [1.165, 1.54) is 17.7 Å². The Morgan fingerprint density at radius 2 is 1.90 bits per heavy atom. The van der Waals surface area contributed by atoms with Crippen LogP contribution in [0.25, 0.3) is 0 Å². The zero-order valence-electron chi connectivity index (χ0n) is 22.7. The third-order valence-corrected chi connectivity index (χ3v) is 9.08. The highest BCUT2D eigenvalue weighted by atomic mass is 32.1. The number of nitrogens with one attached hydrogen (secondary N) is 4. The molecule has 0 aliphatic heterocycles. The summed E-state index contributed by atoms with van der Waals surface area (Å²) in [5.74, 6) is 2.43. The number of hydrogen-bond donors (Lipinski definition) is 4. The van der Waals surface area contributed by atoms with Crippen molar-refractivity contribution in [2.24, 2.45) is 17.8 Å². The minimum Gasteiger partial charge on any atom is -0.493 e. The van der Waals surface area contributed by atoms with Crippen LogP contribution in [0.3, 0.4) is 0 Å². The van der Waals surface area contributed by atoms with E-state index in [0.29, 0.717) is 35.4 Å². The molecule has 0 radical (unpaired) electrons. The van der Waals surface area contributed by atoms with Gasteiger partial charge >= 0.3 is 0 Å². The summed E-state index contributed by atoms with van der Waals surface area (Å²) in [5.41, 5.74) is 2.69. The van der Waals surface area contributed by atoms with Gasteiger partial charge in [-0.3, -0.25) is 9.59 Å². The predicted octanol–water partition coefficient (Wildman–Crippen LogP) is 4.76. The molecule has 0 spiro atoms. The quantitative estimate of drug-likeness (QED) is 0.163. The molecule has 0 saturated heterocycles. The summed E-state index contributed by atoms with van der Waals surface area (Å²) < 4.78 is 10.8. The summed E-state index contributed by atoms with van der Waals surface area (Å²) in [6.45, 7) is 0.712. The van der Waals surface area contributed by atoms with Gasteiger partial charge in [-0.15, -0.1) is 11.3 Å². The highest BCUT2D eigenvalue weighted by Gasteiger charge is 2.34. The van der Waals surface area contributed by atoms with E-state index in [2.05, 4.69) is 27.3 Å². The van der Waals surface area contributed by atoms with E-state index >= 15 is 0 Å². The number of hydrogen-bond acceptors (Lipinski definition) is 7. The smallest absolute Gasteiger partial charge is 0.254 e. The van der Waals surface area contributed by atoms with Crippen LogP contribution in [0.5, 0.6) is 11.5 Å². The number of terminal acetylenes is 1. The minimum atomic E-state index is -0.119. The zero-order chi connectivity index (χ0) is 27.4. The van der Waals surface area contributed by atoms with Gasteiger partial charge < -0.3 is 30.7 Å². The van der Waals surface area contributed by atoms with Gasteiger partial charge in [0, 0.05) is 35.1 Å². The Kier molecular flexibility index (Phi) is 8.51. The van der Waals surface area contributed by atoms with E-state index in [4.69, 9.17) is 15.9 Å². The van der Waals surface area contributed by atoms with Gasteiger partial charge in [-0.2, -0.15) is 0 Å². The van der Waals surface area contributed by atoms with E-state index in [1.54, 1.807) is 25.6 Å². The van der Waals surface area contributed by atoms with Crippen LogP contribution in [-0.4, -0.2) is 38.7 Å². The van der Waals surface area contributed by atoms with E-state index < -0.39 is 0 Å². The van der Waals surface area contributed by atoms with Crippen LogP contribution in [0, 0.1) is 30.2 Å². The molecule has 5 rings (SSSR count). The molecule has 8 nitrogen and oxygen atoms in total. The van der Waals surface area contributed by atoms with Crippen LogP contribution >= 0.6 is 11.3 Å². The number of aryl methyl sites for hydroxylation is 1. The SMILES string of the molecule is C#CNC(CCC1CCc2sc(NC(=O)C3CC3)c(C(=O)NCC3CC3)c2C1)Nc1ccc(OC)c(OC)c1. The van der Waals surface area contributed by atoms with Crippen LogP contribution in [0.2, 0.25) is 0 Å². The summed E-state index contributed by atoms with van der Waals surface area (Å²) >= 11 is 1.59. The predicted molar refractivity (Wildman–Crippen MR) is 154 cm³/mol. The Bertz CT molecular complexity index is 1240. The molecule has 2 aromatic rings. The van der Waals surface area contributed by atoms with Gasteiger partial charge in [0.25, 0.3) is 5.91 Å². The fourth-order valence-electron chi connectivity index (χ4n) is 5.25. The third kappa shape index (κ3) is 6.80. The van der Waals surface area contributed by atoms with E-state index in [1.807, 2.05) is 18.2 Å². The number of anilines is 2. The Hall–Kier alpha value is -3.38. The lowest BCUT2D eigenvalue weighted by atomic mass is 9.83. The fourth-order valence-corrected chi connectivity index (χ4v) is 6.49. The van der Waals surface area contributed by atoms with Crippen molar-refractivity contribution in [3.63, 3.8) is 0 Å². The molecule has 1 heterocycles. The highest BCUT2D eigenvalue weighted by Crippen LogP contribution is 2.42.